The number of nitrogens with one attached hydrogen (secondary N) is 2. The maximum absolute atomic E-state index is 12.4. The van der Waals surface area contributed by atoms with Crippen LogP contribution >= 0.6 is 0 Å². The van der Waals surface area contributed by atoms with E-state index in [0.717, 1.165) is 24.5 Å². The molecule has 2 aliphatic rings. The number of nitrogens with zero attached hydrogens (tertiary/aromatic N) is 9. The third kappa shape index (κ3) is 15.1. The Morgan fingerprint density at radius 1 is 0.676 bits per heavy atom. The second-order valence-electron chi connectivity index (χ2n) is 18.2. The normalized spacial score (nSPS) is 14.5. The van der Waals surface area contributed by atoms with Crippen molar-refractivity contribution < 1.29 is 37.5 Å². The molecular weight excluding hydrogens is 873 g/mol. The van der Waals surface area contributed by atoms with Crippen molar-refractivity contribution in [1.29, 1.82) is 0 Å². The van der Waals surface area contributed by atoms with Gasteiger partial charge in [0.05, 0.1) is 48.2 Å². The van der Waals surface area contributed by atoms with E-state index in [4.69, 9.17) is 24.0 Å². The van der Waals surface area contributed by atoms with Crippen molar-refractivity contribution >= 4 is 69.2 Å². The molecule has 2 fully saturated rings. The topological polar surface area (TPSA) is 240 Å². The number of hydrogen-bond acceptors (Lipinski definition) is 16. The minimum Gasteiger partial charge on any atom is -0.444 e. The van der Waals surface area contributed by atoms with Crippen LogP contribution in [0.2, 0.25) is 0 Å². The van der Waals surface area contributed by atoms with Gasteiger partial charge in [0.1, 0.15) is 22.2 Å². The number of hydrogen-bond donors (Lipinski definition) is 3. The van der Waals surface area contributed by atoms with Crippen molar-refractivity contribution in [2.24, 2.45) is 4.99 Å². The molecule has 6 aromatic rings. The number of oxazole rings is 2. The van der Waals surface area contributed by atoms with Crippen LogP contribution in [0.25, 0.3) is 22.2 Å². The molecule has 68 heavy (non-hydrogen) atoms. The Morgan fingerprint density at radius 2 is 1.18 bits per heavy atom. The molecule has 20 heteroatoms. The third-order valence-corrected chi connectivity index (χ3v) is 10.2. The zero-order valence-corrected chi connectivity index (χ0v) is 39.9. The van der Waals surface area contributed by atoms with Crippen LogP contribution in [-0.4, -0.2) is 127 Å². The van der Waals surface area contributed by atoms with E-state index in [9.17, 15) is 19.2 Å². The Hall–Kier alpha value is -7.41. The molecule has 0 spiro atoms. The number of rotatable bonds is 7. The van der Waals surface area contributed by atoms with Crippen molar-refractivity contribution in [1.82, 2.24) is 39.5 Å². The van der Waals surface area contributed by atoms with E-state index in [2.05, 4.69) is 45.4 Å². The Labute approximate surface area is 394 Å². The molecule has 6 heterocycles. The van der Waals surface area contributed by atoms with Gasteiger partial charge in [-0.05, 0) is 104 Å². The summed E-state index contributed by atoms with van der Waals surface area (Å²) >= 11 is 0. The highest BCUT2D eigenvalue weighted by Gasteiger charge is 2.28. The van der Waals surface area contributed by atoms with E-state index in [-0.39, 0.29) is 18.2 Å². The number of carbonyl (C=O) groups is 3. The van der Waals surface area contributed by atoms with Gasteiger partial charge in [0.2, 0.25) is 17.9 Å². The van der Waals surface area contributed by atoms with Gasteiger partial charge in [-0.25, -0.2) is 29.1 Å². The van der Waals surface area contributed by atoms with Gasteiger partial charge in [-0.3, -0.25) is 19.8 Å². The number of amides is 4. The van der Waals surface area contributed by atoms with Gasteiger partial charge in [0.25, 0.3) is 0 Å². The highest BCUT2D eigenvalue weighted by molar-refractivity contribution is 6.04. The lowest BCUT2D eigenvalue weighted by Gasteiger charge is -2.35. The van der Waals surface area contributed by atoms with E-state index < -0.39 is 11.2 Å². The van der Waals surface area contributed by atoms with Gasteiger partial charge >= 0.3 is 18.2 Å². The number of nitrogen functional groups attached to an aromatic ring is 1. The molecule has 2 saturated heterocycles. The lowest BCUT2D eigenvalue weighted by Crippen LogP contribution is -2.49. The number of anilines is 3. The Balaban J connectivity index is 0.000000193. The number of ether oxygens (including phenoxy) is 2. The van der Waals surface area contributed by atoms with E-state index >= 15 is 0 Å². The largest absolute Gasteiger partial charge is 0.444 e. The molecule has 0 radical (unpaired) electrons. The summed E-state index contributed by atoms with van der Waals surface area (Å²) < 4.78 is 22.5. The molecule has 4 amide bonds. The first-order valence-electron chi connectivity index (χ1n) is 22.2. The first kappa shape index (κ1) is 50.0. The van der Waals surface area contributed by atoms with Crippen molar-refractivity contribution in [2.45, 2.75) is 79.7 Å². The van der Waals surface area contributed by atoms with Gasteiger partial charge < -0.3 is 44.5 Å². The monoisotopic (exact) mass is 932 g/mol. The summed E-state index contributed by atoms with van der Waals surface area (Å²) in [4.78, 5) is 74.9. The van der Waals surface area contributed by atoms with E-state index in [1.54, 1.807) is 46.3 Å². The summed E-state index contributed by atoms with van der Waals surface area (Å²) in [5.74, 6) is 1.20. The first-order valence-corrected chi connectivity index (χ1v) is 22.2. The highest BCUT2D eigenvalue weighted by atomic mass is 16.6. The Morgan fingerprint density at radius 3 is 1.65 bits per heavy atom. The van der Waals surface area contributed by atoms with Crippen molar-refractivity contribution in [3.63, 3.8) is 0 Å². The highest BCUT2D eigenvalue weighted by Crippen LogP contribution is 2.26. The molecule has 2 aromatic carbocycles. The quantitative estimate of drug-likeness (QED) is 0.0779. The number of pyridine rings is 2. The number of para-hydroxylation sites is 2. The number of isocyanates is 1. The second-order valence-corrected chi connectivity index (χ2v) is 18.2. The smallest absolute Gasteiger partial charge is 0.410 e. The fourth-order valence-electron chi connectivity index (χ4n) is 6.86. The van der Waals surface area contributed by atoms with Crippen LogP contribution in [-0.2, 0) is 27.4 Å². The van der Waals surface area contributed by atoms with Crippen LogP contribution in [0.1, 0.15) is 64.7 Å². The first-order chi connectivity index (χ1) is 32.3. The zero-order valence-electron chi connectivity index (χ0n) is 39.9. The molecule has 8 rings (SSSR count). The molecule has 0 saturated carbocycles. The number of aromatic nitrogens is 4. The lowest BCUT2D eigenvalue weighted by molar-refractivity contribution is 0.0123. The van der Waals surface area contributed by atoms with Crippen LogP contribution in [0.5, 0.6) is 0 Å². The van der Waals surface area contributed by atoms with Crippen LogP contribution in [0, 0.1) is 13.8 Å². The summed E-state index contributed by atoms with van der Waals surface area (Å²) in [6.07, 6.45) is 4.03. The maximum Gasteiger partial charge on any atom is 0.410 e. The molecule has 360 valence electrons. The number of nitrogens with two attached hydrogens (primary N) is 1. The Kier molecular flexibility index (Phi) is 16.5. The van der Waals surface area contributed by atoms with Crippen LogP contribution in [0.3, 0.4) is 0 Å². The van der Waals surface area contributed by atoms with Gasteiger partial charge in [-0.2, -0.15) is 4.99 Å². The number of benzene rings is 2. The van der Waals surface area contributed by atoms with Crippen molar-refractivity contribution in [2.75, 3.05) is 68.7 Å². The minimum absolute atomic E-state index is 0.253. The van der Waals surface area contributed by atoms with Gasteiger partial charge in [0, 0.05) is 63.7 Å². The molecule has 20 nitrogen and oxygen atoms in total. The minimum atomic E-state index is -0.508. The van der Waals surface area contributed by atoms with Crippen LogP contribution in [0.15, 0.2) is 86.9 Å². The number of urea groups is 1. The van der Waals surface area contributed by atoms with Crippen molar-refractivity contribution in [3.8, 4) is 0 Å². The van der Waals surface area contributed by atoms with Gasteiger partial charge in [-0.1, -0.05) is 12.1 Å². The predicted octanol–water partition coefficient (Wildman–Crippen LogP) is 8.05. The second kappa shape index (κ2) is 22.4. The maximum atomic E-state index is 12.4. The molecule has 0 unspecified atom stereocenters. The predicted molar refractivity (Wildman–Crippen MR) is 257 cm³/mol. The number of carbonyl (C=O) groups excluding carboxylic acids is 4. The van der Waals surface area contributed by atoms with E-state index in [0.29, 0.717) is 109 Å². The molecule has 0 aliphatic carbocycles. The SMILES string of the molecule is CC(C)(C)OC(=O)N1CCN(Cc2nc3c(N)cccc3o2)CC1.Cc1ccc(N=C=O)cn1.Cc1ccc(NC(=O)Nc2cccc3oc(CN4CCN(C(=O)OC(C)(C)C)CC4)nc23)cn1. The standard InChI is InChI=1S/C24H30N6O4.C17H24N4O3.C7H6N2O/c1-16-8-9-17(14-25-16)26-22(31)27-18-6-5-7-19-21(18)28-20(33-19)15-29-10-12-30(13-11-29)23(32)34-24(2,3)4;1-17(2,3)24-16(22)21-9-7-20(8-10-21)11-14-19-15-12(18)5-4-6-13(15)23-14;1-6-2-3-7(4-8-6)9-5-10/h5-9,14H,10-13,15H2,1-4H3,(H2,26,27,31);4-6H,7-11,18H2,1-3H3;2-4H,1H3. The summed E-state index contributed by atoms with van der Waals surface area (Å²) in [6.45, 7) is 21.4. The summed E-state index contributed by atoms with van der Waals surface area (Å²) in [7, 11) is 0. The molecule has 0 atom stereocenters. The summed E-state index contributed by atoms with van der Waals surface area (Å²) in [5.41, 5.74) is 11.6. The lowest BCUT2D eigenvalue weighted by atomic mass is 10.2. The molecule has 2 aliphatic heterocycles. The Bertz CT molecular complexity index is 2690. The average molecular weight is 933 g/mol. The number of aryl methyl sites for hydroxylation is 2. The van der Waals surface area contributed by atoms with Crippen molar-refractivity contribution in [3.05, 3.63) is 96.2 Å². The third-order valence-electron chi connectivity index (χ3n) is 10.2. The van der Waals surface area contributed by atoms with E-state index in [1.165, 1.54) is 12.3 Å². The summed E-state index contributed by atoms with van der Waals surface area (Å²) in [6, 6.07) is 17.7. The number of piperazine rings is 2. The molecule has 4 N–H and O–H groups in total. The van der Waals surface area contributed by atoms with E-state index in [1.807, 2.05) is 85.7 Å². The van der Waals surface area contributed by atoms with Crippen LogP contribution in [0.4, 0.5) is 37.1 Å². The fourth-order valence-corrected chi connectivity index (χ4v) is 6.86. The molecular formula is C48H60N12O8. The zero-order chi connectivity index (χ0) is 49.0. The molecule has 0 bridgehead atoms. The summed E-state index contributed by atoms with van der Waals surface area (Å²) in [5, 5.41) is 5.59. The van der Waals surface area contributed by atoms with Gasteiger partial charge in [0.15, 0.2) is 11.2 Å². The average Bonchev–Trinajstić information content (AvgIpc) is 3.90. The van der Waals surface area contributed by atoms with Crippen LogP contribution < -0.4 is 16.4 Å². The number of aliphatic imine (C=N–C) groups is 1. The van der Waals surface area contributed by atoms with Gasteiger partial charge in [-0.15, -0.1) is 0 Å². The number of fused-ring (bicyclic) bond motifs is 2. The molecule has 4 aromatic heterocycles. The fraction of sp³-hybridized carbons (Fsp3) is 0.417.